The molecule has 0 nitrogen and oxygen atoms in total. The van der Waals surface area contributed by atoms with E-state index in [1.165, 1.54) is 0 Å². The molecule has 0 aliphatic heterocycles. The summed E-state index contributed by atoms with van der Waals surface area (Å²) in [5.74, 6) is 0. The maximum absolute atomic E-state index is 0. The summed E-state index contributed by atoms with van der Waals surface area (Å²) in [6.45, 7) is 0. The summed E-state index contributed by atoms with van der Waals surface area (Å²) in [5.41, 5.74) is 0. The van der Waals surface area contributed by atoms with Crippen molar-refractivity contribution in [3.63, 3.8) is 0 Å². The number of rotatable bonds is 0. The van der Waals surface area contributed by atoms with E-state index in [-0.39, 0.29) is 117 Å². The van der Waals surface area contributed by atoms with Gasteiger partial charge in [0.1, 0.15) is 0 Å². The molecule has 0 aromatic heterocycles. The molecule has 0 aliphatic carbocycles. The first-order valence-corrected chi connectivity index (χ1v) is 0. The standard InChI is InChI=1S/Ba.3FH.Li.Na.4H/h;3*1H;;;;;;/q+2;;;;2*+1;4*-1. The molecular formula is H7BaF3LiNa. The average Bonchev–Trinajstić information content (AvgIpc) is 0. The number of hydrogen-bond donors (Lipinski definition) is 0. The van der Waals surface area contributed by atoms with Gasteiger partial charge in [0.25, 0.3) is 0 Å². The summed E-state index contributed by atoms with van der Waals surface area (Å²) in [6, 6.07) is 0. The van der Waals surface area contributed by atoms with Crippen LogP contribution in [0.2, 0.25) is 0 Å². The molecular weight excluding hydrogens is 224 g/mol. The zero-order valence-electron chi connectivity index (χ0n) is 7.93. The van der Waals surface area contributed by atoms with Crippen LogP contribution in [-0.2, 0) is 0 Å². The first kappa shape index (κ1) is 64.8. The van der Waals surface area contributed by atoms with Gasteiger partial charge >= 0.3 is 97.3 Å². The fourth-order valence-electron chi connectivity index (χ4n) is 0. The Hall–Kier alpha value is 2.96. The van der Waals surface area contributed by atoms with Crippen molar-refractivity contribution in [1.29, 1.82) is 0 Å². The monoisotopic (exact) mass is 232 g/mol. The zero-order valence-corrected chi connectivity index (χ0v) is 10.4. The van der Waals surface area contributed by atoms with E-state index in [1.807, 2.05) is 0 Å². The third-order valence-corrected chi connectivity index (χ3v) is 0. The van der Waals surface area contributed by atoms with Gasteiger partial charge in [-0.25, -0.2) is 0 Å². The smallest absolute Gasteiger partial charge is 1.00 e. The normalized spacial score (nSPS) is 0. The number of hydrogen-bond acceptors (Lipinski definition) is 0. The summed E-state index contributed by atoms with van der Waals surface area (Å²) < 4.78 is 0. The van der Waals surface area contributed by atoms with Crippen molar-refractivity contribution < 1.29 is 68.2 Å². The van der Waals surface area contributed by atoms with Crippen LogP contribution in [0, 0.1) is 0 Å². The Morgan fingerprint density at radius 3 is 0.833 bits per heavy atom. The molecule has 0 saturated carbocycles. The van der Waals surface area contributed by atoms with Crippen molar-refractivity contribution >= 4 is 48.9 Å². The van der Waals surface area contributed by atoms with Crippen molar-refractivity contribution in [3.05, 3.63) is 0 Å². The molecule has 0 N–H and O–H groups in total. The van der Waals surface area contributed by atoms with Gasteiger partial charge in [0.15, 0.2) is 0 Å². The molecule has 0 saturated heterocycles. The van der Waals surface area contributed by atoms with E-state index in [0.29, 0.717) is 0 Å². The van der Waals surface area contributed by atoms with Gasteiger partial charge in [-0.2, -0.15) is 0 Å². The van der Waals surface area contributed by atoms with Gasteiger partial charge in [-0.1, -0.05) is 0 Å². The van der Waals surface area contributed by atoms with Crippen LogP contribution in [0.15, 0.2) is 0 Å². The van der Waals surface area contributed by atoms with Gasteiger partial charge in [0.2, 0.25) is 0 Å². The van der Waals surface area contributed by atoms with Gasteiger partial charge in [0.05, 0.1) is 0 Å². The molecule has 0 bridgehead atoms. The van der Waals surface area contributed by atoms with Crippen molar-refractivity contribution in [2.75, 3.05) is 0 Å². The van der Waals surface area contributed by atoms with Gasteiger partial charge in [-0.3, -0.25) is 14.1 Å². The van der Waals surface area contributed by atoms with E-state index in [9.17, 15) is 0 Å². The Morgan fingerprint density at radius 1 is 0.833 bits per heavy atom. The van der Waals surface area contributed by atoms with E-state index in [1.54, 1.807) is 0 Å². The molecule has 0 rings (SSSR count). The minimum atomic E-state index is 0. The summed E-state index contributed by atoms with van der Waals surface area (Å²) in [5, 5.41) is 0. The Bertz CT molecular complexity index is 20.5. The van der Waals surface area contributed by atoms with E-state index < -0.39 is 0 Å². The van der Waals surface area contributed by atoms with Crippen molar-refractivity contribution in [2.45, 2.75) is 0 Å². The van der Waals surface area contributed by atoms with Crippen LogP contribution in [0.3, 0.4) is 0 Å². The van der Waals surface area contributed by atoms with E-state index in [4.69, 9.17) is 0 Å². The zero-order chi connectivity index (χ0) is 0. The Kier molecular flexibility index (Phi) is 476. The predicted molar refractivity (Wildman–Crippen MR) is 17.7 cm³/mol. The average molecular weight is 231 g/mol. The van der Waals surface area contributed by atoms with Crippen LogP contribution in [-0.4, -0.2) is 48.9 Å². The van der Waals surface area contributed by atoms with E-state index in [0.717, 1.165) is 0 Å². The molecule has 0 fully saturated rings. The predicted octanol–water partition coefficient (Wildman–Crippen LogP) is -5.47. The second-order valence-corrected chi connectivity index (χ2v) is 0. The molecule has 6 heavy (non-hydrogen) atoms. The van der Waals surface area contributed by atoms with Gasteiger partial charge in [-0.15, -0.1) is 0 Å². The van der Waals surface area contributed by atoms with Gasteiger partial charge in [0, 0.05) is 0 Å². The fourth-order valence-corrected chi connectivity index (χ4v) is 0. The van der Waals surface area contributed by atoms with Crippen LogP contribution in [0.1, 0.15) is 5.71 Å². The van der Waals surface area contributed by atoms with Crippen LogP contribution in [0.4, 0.5) is 14.1 Å². The topological polar surface area (TPSA) is 0 Å². The van der Waals surface area contributed by atoms with Crippen LogP contribution < -0.4 is 48.4 Å². The molecule has 0 heterocycles. The van der Waals surface area contributed by atoms with Crippen LogP contribution >= 0.6 is 0 Å². The Balaban J connectivity index is 0. The largest absolute Gasteiger partial charge is 2.00 e. The van der Waals surface area contributed by atoms with Crippen LogP contribution in [0.5, 0.6) is 0 Å². The second kappa shape index (κ2) is 44.0. The molecule has 0 atom stereocenters. The molecule has 0 radical (unpaired) electrons. The van der Waals surface area contributed by atoms with E-state index in [2.05, 4.69) is 0 Å². The molecule has 0 aromatic rings. The first-order chi connectivity index (χ1) is 0. The molecule has 0 spiro atoms. The first-order valence-electron chi connectivity index (χ1n) is 0. The van der Waals surface area contributed by atoms with Crippen molar-refractivity contribution in [3.8, 4) is 0 Å². The molecule has 0 amide bonds. The third-order valence-electron chi connectivity index (χ3n) is 0. The molecule has 0 unspecified atom stereocenters. The summed E-state index contributed by atoms with van der Waals surface area (Å²) in [4.78, 5) is 0. The third kappa shape index (κ3) is 28.2. The molecule has 32 valence electrons. The van der Waals surface area contributed by atoms with Crippen molar-refractivity contribution in [1.82, 2.24) is 0 Å². The quantitative estimate of drug-likeness (QED) is 0.365. The van der Waals surface area contributed by atoms with Gasteiger partial charge in [-0.05, 0) is 0 Å². The molecule has 0 aromatic carbocycles. The summed E-state index contributed by atoms with van der Waals surface area (Å²) in [7, 11) is 0. The van der Waals surface area contributed by atoms with Crippen LogP contribution in [0.25, 0.3) is 0 Å². The fraction of sp³-hybridized carbons (Fsp3) is 0. The minimum Gasteiger partial charge on any atom is -1.00 e. The maximum Gasteiger partial charge on any atom is 2.00 e. The molecule has 6 heteroatoms. The van der Waals surface area contributed by atoms with Gasteiger partial charge < -0.3 is 5.71 Å². The van der Waals surface area contributed by atoms with Crippen molar-refractivity contribution in [2.24, 2.45) is 0 Å². The number of halogens is 3. The summed E-state index contributed by atoms with van der Waals surface area (Å²) >= 11 is 0. The Labute approximate surface area is 115 Å². The summed E-state index contributed by atoms with van der Waals surface area (Å²) in [6.07, 6.45) is 0. The minimum absolute atomic E-state index is 0. The molecule has 0 aliphatic rings. The second-order valence-electron chi connectivity index (χ2n) is 0. The maximum atomic E-state index is 0. The van der Waals surface area contributed by atoms with E-state index >= 15 is 0 Å². The Morgan fingerprint density at radius 2 is 0.833 bits per heavy atom. The SMILES string of the molecule is F.F.F.[Ba+2].[H-].[H-].[H-].[H-].[Li+].[Na+].